The minimum absolute atomic E-state index is 0.139. The van der Waals surface area contributed by atoms with E-state index >= 15 is 0 Å². The Labute approximate surface area is 198 Å². The van der Waals surface area contributed by atoms with Gasteiger partial charge in [0.2, 0.25) is 0 Å². The molecular weight excluding hydrogens is 485 g/mol. The molecule has 0 aromatic heterocycles. The molecule has 0 unspecified atom stereocenters. The smallest absolute Gasteiger partial charge is 0.274 e. The van der Waals surface area contributed by atoms with Crippen LogP contribution in [0.15, 0.2) is 88.4 Å². The summed E-state index contributed by atoms with van der Waals surface area (Å²) in [5.41, 5.74) is 4.03. The Balaban J connectivity index is 1.39. The van der Waals surface area contributed by atoms with Crippen molar-refractivity contribution in [2.45, 2.75) is 6.61 Å². The lowest BCUT2D eigenvalue weighted by molar-refractivity contribution is 0.0951. The Kier molecular flexibility index (Phi) is 6.77. The van der Waals surface area contributed by atoms with Crippen LogP contribution in [0, 0.1) is 17.1 Å². The molecule has 0 atom stereocenters. The van der Waals surface area contributed by atoms with Crippen molar-refractivity contribution in [3.8, 4) is 11.8 Å². The number of nitrogens with one attached hydrogen (secondary N) is 1. The number of hydrazone groups is 1. The van der Waals surface area contributed by atoms with Crippen LogP contribution in [0.25, 0.3) is 10.8 Å². The number of benzene rings is 4. The van der Waals surface area contributed by atoms with Gasteiger partial charge in [-0.15, -0.1) is 0 Å². The fourth-order valence-electron chi connectivity index (χ4n) is 3.28. The SMILES string of the molecule is N#Cc1ccc(C(=O)N/N=C\c2ccc(OCc3cccc4ccccc34)c(Br)c2)c(F)c1. The number of nitriles is 1. The van der Waals surface area contributed by atoms with Gasteiger partial charge >= 0.3 is 0 Å². The van der Waals surface area contributed by atoms with Gasteiger partial charge in [-0.1, -0.05) is 42.5 Å². The van der Waals surface area contributed by atoms with E-state index in [1.165, 1.54) is 18.3 Å². The van der Waals surface area contributed by atoms with Crippen LogP contribution < -0.4 is 10.2 Å². The van der Waals surface area contributed by atoms with Crippen LogP contribution >= 0.6 is 15.9 Å². The summed E-state index contributed by atoms with van der Waals surface area (Å²) in [7, 11) is 0. The second-order valence-corrected chi connectivity index (χ2v) is 7.98. The normalized spacial score (nSPS) is 10.8. The molecule has 0 spiro atoms. The maximum absolute atomic E-state index is 13.9. The van der Waals surface area contributed by atoms with E-state index in [2.05, 4.69) is 44.7 Å². The maximum atomic E-state index is 13.9. The number of fused-ring (bicyclic) bond motifs is 1. The Morgan fingerprint density at radius 1 is 1.09 bits per heavy atom. The van der Waals surface area contributed by atoms with Crippen LogP contribution in [0.1, 0.15) is 27.0 Å². The van der Waals surface area contributed by atoms with E-state index < -0.39 is 11.7 Å². The quantitative estimate of drug-likeness (QED) is 0.261. The van der Waals surface area contributed by atoms with Gasteiger partial charge in [0, 0.05) is 0 Å². The van der Waals surface area contributed by atoms with E-state index in [-0.39, 0.29) is 11.1 Å². The van der Waals surface area contributed by atoms with Crippen molar-refractivity contribution in [2.75, 3.05) is 0 Å². The largest absolute Gasteiger partial charge is 0.488 e. The summed E-state index contributed by atoms with van der Waals surface area (Å²) in [6.45, 7) is 0.416. The van der Waals surface area contributed by atoms with Crippen LogP contribution in [0.2, 0.25) is 0 Å². The zero-order valence-corrected chi connectivity index (χ0v) is 18.8. The molecule has 1 N–H and O–H groups in total. The van der Waals surface area contributed by atoms with E-state index in [4.69, 9.17) is 10.00 Å². The molecule has 4 aromatic rings. The first-order valence-corrected chi connectivity index (χ1v) is 10.8. The molecule has 33 heavy (non-hydrogen) atoms. The van der Waals surface area contributed by atoms with Gasteiger partial charge in [0.05, 0.1) is 27.9 Å². The molecule has 0 aliphatic rings. The Hall–Kier alpha value is -4.02. The monoisotopic (exact) mass is 501 g/mol. The fourth-order valence-corrected chi connectivity index (χ4v) is 3.79. The average Bonchev–Trinajstić information content (AvgIpc) is 2.83. The van der Waals surface area contributed by atoms with E-state index in [1.807, 2.05) is 30.3 Å². The molecule has 4 aromatic carbocycles. The highest BCUT2D eigenvalue weighted by Crippen LogP contribution is 2.27. The van der Waals surface area contributed by atoms with E-state index in [0.717, 1.165) is 26.9 Å². The van der Waals surface area contributed by atoms with Crippen molar-refractivity contribution in [1.29, 1.82) is 5.26 Å². The minimum atomic E-state index is -0.780. The van der Waals surface area contributed by atoms with Crippen molar-refractivity contribution in [2.24, 2.45) is 5.10 Å². The van der Waals surface area contributed by atoms with Gasteiger partial charge in [-0.05, 0) is 74.2 Å². The Bertz CT molecular complexity index is 1410. The van der Waals surface area contributed by atoms with Gasteiger partial charge in [-0.3, -0.25) is 4.79 Å². The predicted octanol–water partition coefficient (Wildman–Crippen LogP) is 5.96. The molecule has 0 aliphatic carbocycles. The first-order chi connectivity index (χ1) is 16.0. The standard InChI is InChI=1S/C26H17BrFN3O2/c27-23-12-18(15-30-31-26(32)22-10-8-17(14-29)13-24(22)28)9-11-25(23)33-16-20-6-3-5-19-4-1-2-7-21(19)20/h1-13,15H,16H2,(H,31,32)/b30-15-. The summed E-state index contributed by atoms with van der Waals surface area (Å²) < 4.78 is 20.7. The van der Waals surface area contributed by atoms with E-state index in [9.17, 15) is 9.18 Å². The van der Waals surface area contributed by atoms with Crippen molar-refractivity contribution in [3.63, 3.8) is 0 Å². The number of hydrogen-bond donors (Lipinski definition) is 1. The third kappa shape index (κ3) is 5.25. The molecule has 5 nitrogen and oxygen atoms in total. The predicted molar refractivity (Wildman–Crippen MR) is 129 cm³/mol. The topological polar surface area (TPSA) is 74.5 Å². The molecule has 0 radical (unpaired) electrons. The summed E-state index contributed by atoms with van der Waals surface area (Å²) in [6, 6.07) is 25.1. The average molecular weight is 502 g/mol. The first kappa shape index (κ1) is 22.2. The number of hydrogen-bond acceptors (Lipinski definition) is 4. The molecule has 0 bridgehead atoms. The van der Waals surface area contributed by atoms with E-state index in [1.54, 1.807) is 18.2 Å². The van der Waals surface area contributed by atoms with Crippen molar-refractivity contribution in [1.82, 2.24) is 5.43 Å². The number of carbonyl (C=O) groups excluding carboxylic acids is 1. The maximum Gasteiger partial charge on any atom is 0.274 e. The van der Waals surface area contributed by atoms with Gasteiger partial charge < -0.3 is 4.74 Å². The summed E-state index contributed by atoms with van der Waals surface area (Å²) in [4.78, 5) is 12.1. The lowest BCUT2D eigenvalue weighted by atomic mass is 10.1. The molecule has 4 rings (SSSR count). The molecule has 0 saturated heterocycles. The number of rotatable bonds is 6. The molecule has 0 saturated carbocycles. The third-order valence-corrected chi connectivity index (χ3v) is 5.56. The molecule has 0 fully saturated rings. The molecule has 162 valence electrons. The van der Waals surface area contributed by atoms with Crippen LogP contribution in [0.3, 0.4) is 0 Å². The van der Waals surface area contributed by atoms with Gasteiger partial charge in [-0.25, -0.2) is 9.82 Å². The Morgan fingerprint density at radius 2 is 1.91 bits per heavy atom. The number of nitrogens with zero attached hydrogens (tertiary/aromatic N) is 2. The van der Waals surface area contributed by atoms with Crippen LogP contribution in [0.5, 0.6) is 5.75 Å². The lowest BCUT2D eigenvalue weighted by Gasteiger charge is -2.11. The Morgan fingerprint density at radius 3 is 2.70 bits per heavy atom. The molecule has 0 heterocycles. The summed E-state index contributed by atoms with van der Waals surface area (Å²) in [5, 5.41) is 15.0. The summed E-state index contributed by atoms with van der Waals surface area (Å²) >= 11 is 3.50. The first-order valence-electron chi connectivity index (χ1n) is 9.97. The van der Waals surface area contributed by atoms with Crippen LogP contribution in [-0.2, 0) is 6.61 Å². The van der Waals surface area contributed by atoms with Crippen LogP contribution in [0.4, 0.5) is 4.39 Å². The number of halogens is 2. The van der Waals surface area contributed by atoms with Crippen molar-refractivity contribution < 1.29 is 13.9 Å². The second-order valence-electron chi connectivity index (χ2n) is 7.12. The third-order valence-electron chi connectivity index (χ3n) is 4.94. The molecule has 7 heteroatoms. The molecule has 0 aliphatic heterocycles. The lowest BCUT2D eigenvalue weighted by Crippen LogP contribution is -2.19. The van der Waals surface area contributed by atoms with Gasteiger partial charge in [-0.2, -0.15) is 10.4 Å². The van der Waals surface area contributed by atoms with Crippen molar-refractivity contribution in [3.05, 3.63) is 111 Å². The zero-order valence-electron chi connectivity index (χ0n) is 17.3. The van der Waals surface area contributed by atoms with Gasteiger partial charge in [0.1, 0.15) is 18.2 Å². The highest BCUT2D eigenvalue weighted by Gasteiger charge is 2.11. The molecule has 1 amide bonds. The second kappa shape index (κ2) is 10.1. The van der Waals surface area contributed by atoms with Gasteiger partial charge in [0.15, 0.2) is 0 Å². The van der Waals surface area contributed by atoms with Crippen molar-refractivity contribution >= 4 is 38.8 Å². The van der Waals surface area contributed by atoms with Crippen LogP contribution in [-0.4, -0.2) is 12.1 Å². The number of ether oxygens (including phenoxy) is 1. The molecular formula is C26H17BrFN3O2. The van der Waals surface area contributed by atoms with E-state index in [0.29, 0.717) is 17.9 Å². The fraction of sp³-hybridized carbons (Fsp3) is 0.0385. The number of carbonyl (C=O) groups is 1. The minimum Gasteiger partial charge on any atom is -0.488 e. The van der Waals surface area contributed by atoms with Gasteiger partial charge in [0.25, 0.3) is 5.91 Å². The number of amides is 1. The highest BCUT2D eigenvalue weighted by molar-refractivity contribution is 9.10. The zero-order chi connectivity index (χ0) is 23.2. The summed E-state index contributed by atoms with van der Waals surface area (Å²) in [6.07, 6.45) is 1.44. The summed E-state index contributed by atoms with van der Waals surface area (Å²) in [5.74, 6) is -0.816. The highest BCUT2D eigenvalue weighted by atomic mass is 79.9.